The Morgan fingerprint density at radius 2 is 1.84 bits per heavy atom. The Kier molecular flexibility index (Phi) is 5.57. The van der Waals surface area contributed by atoms with Gasteiger partial charge in [0, 0.05) is 24.0 Å². The first-order valence-corrected chi connectivity index (χ1v) is 9.43. The molecule has 0 bridgehead atoms. The normalized spacial score (nSPS) is 15.4. The van der Waals surface area contributed by atoms with Gasteiger partial charge in [-0.1, -0.05) is 19.3 Å². The fourth-order valence-electron chi connectivity index (χ4n) is 3.77. The summed E-state index contributed by atoms with van der Waals surface area (Å²) in [5, 5.41) is 4.03. The van der Waals surface area contributed by atoms with Gasteiger partial charge in [0.15, 0.2) is 0 Å². The summed E-state index contributed by atoms with van der Waals surface area (Å²) in [7, 11) is 0. The maximum Gasteiger partial charge on any atom is 0.251 e. The van der Waals surface area contributed by atoms with E-state index in [0.717, 1.165) is 16.5 Å². The smallest absolute Gasteiger partial charge is 0.251 e. The van der Waals surface area contributed by atoms with Crippen molar-refractivity contribution in [1.82, 2.24) is 10.3 Å². The lowest BCUT2D eigenvalue weighted by atomic mass is 9.87. The molecule has 1 aromatic carbocycles. The molecule has 0 unspecified atom stereocenters. The predicted octanol–water partition coefficient (Wildman–Crippen LogP) is 3.77. The van der Waals surface area contributed by atoms with Crippen molar-refractivity contribution in [3.63, 3.8) is 0 Å². The number of H-pyrrole nitrogens is 1. The van der Waals surface area contributed by atoms with Gasteiger partial charge in [0.05, 0.1) is 0 Å². The van der Waals surface area contributed by atoms with Crippen LogP contribution in [0.1, 0.15) is 55.2 Å². The van der Waals surface area contributed by atoms with E-state index in [9.17, 15) is 9.59 Å². The third kappa shape index (κ3) is 4.50. The van der Waals surface area contributed by atoms with E-state index in [4.69, 9.17) is 0 Å². The van der Waals surface area contributed by atoms with E-state index >= 15 is 0 Å². The maximum absolute atomic E-state index is 12.3. The van der Waals surface area contributed by atoms with Crippen LogP contribution in [0.15, 0.2) is 23.0 Å². The molecule has 1 aromatic heterocycles. The monoisotopic (exact) mass is 340 g/mol. The molecule has 3 rings (SSSR count). The predicted molar refractivity (Wildman–Crippen MR) is 102 cm³/mol. The second kappa shape index (κ2) is 7.85. The Bertz CT molecular complexity index is 816. The molecule has 0 atom stereocenters. The van der Waals surface area contributed by atoms with Gasteiger partial charge < -0.3 is 10.3 Å². The van der Waals surface area contributed by atoms with E-state index < -0.39 is 0 Å². The van der Waals surface area contributed by atoms with Crippen LogP contribution >= 0.6 is 0 Å². The molecule has 2 N–H and O–H groups in total. The summed E-state index contributed by atoms with van der Waals surface area (Å²) >= 11 is 0. The number of pyridine rings is 1. The van der Waals surface area contributed by atoms with Crippen LogP contribution < -0.4 is 10.9 Å². The van der Waals surface area contributed by atoms with Crippen molar-refractivity contribution >= 4 is 16.8 Å². The summed E-state index contributed by atoms with van der Waals surface area (Å²) in [6.45, 7) is 4.64. The number of rotatable bonds is 5. The van der Waals surface area contributed by atoms with Crippen LogP contribution in [0, 0.1) is 19.8 Å². The molecule has 0 spiro atoms. The lowest BCUT2D eigenvalue weighted by Crippen LogP contribution is -2.29. The Labute approximate surface area is 149 Å². The van der Waals surface area contributed by atoms with Crippen molar-refractivity contribution in [2.75, 3.05) is 6.54 Å². The molecule has 134 valence electrons. The number of carbonyl (C=O) groups is 1. The molecule has 4 heteroatoms. The highest BCUT2D eigenvalue weighted by Crippen LogP contribution is 2.26. The van der Waals surface area contributed by atoms with E-state index in [-0.39, 0.29) is 11.5 Å². The van der Waals surface area contributed by atoms with E-state index in [1.165, 1.54) is 43.2 Å². The summed E-state index contributed by atoms with van der Waals surface area (Å²) in [5.74, 6) is 0.666. The minimum absolute atomic E-state index is 0.0581. The van der Waals surface area contributed by atoms with Gasteiger partial charge in [-0.15, -0.1) is 0 Å². The lowest BCUT2D eigenvalue weighted by Gasteiger charge is -2.20. The molecule has 2 aromatic rings. The summed E-state index contributed by atoms with van der Waals surface area (Å²) in [5.41, 5.74) is 3.93. The highest BCUT2D eigenvalue weighted by Gasteiger charge is 2.16. The van der Waals surface area contributed by atoms with Crippen molar-refractivity contribution < 1.29 is 4.79 Å². The molecule has 25 heavy (non-hydrogen) atoms. The molecule has 1 aliphatic rings. The number of hydrogen-bond donors (Lipinski definition) is 2. The summed E-state index contributed by atoms with van der Waals surface area (Å²) in [6, 6.07) is 6.07. The lowest BCUT2D eigenvalue weighted by molar-refractivity contribution is -0.122. The van der Waals surface area contributed by atoms with Crippen molar-refractivity contribution in [3.05, 3.63) is 45.2 Å². The van der Waals surface area contributed by atoms with Crippen LogP contribution in [0.3, 0.4) is 0 Å². The molecule has 1 amide bonds. The van der Waals surface area contributed by atoms with Crippen LogP contribution in [0.25, 0.3) is 10.9 Å². The standard InChI is InChI=1S/C21H28N2O2/c1-14-10-18-13-17(21(25)23-19(18)11-15(14)2)8-9-22-20(24)12-16-6-4-3-5-7-16/h10-11,13,16H,3-9,12H2,1-2H3,(H,22,24)(H,23,25). The third-order valence-corrected chi connectivity index (χ3v) is 5.45. The summed E-state index contributed by atoms with van der Waals surface area (Å²) in [6.07, 6.45) is 7.36. The summed E-state index contributed by atoms with van der Waals surface area (Å²) < 4.78 is 0. The zero-order valence-corrected chi connectivity index (χ0v) is 15.3. The summed E-state index contributed by atoms with van der Waals surface area (Å²) in [4.78, 5) is 27.3. The Hall–Kier alpha value is -2.10. The number of carbonyl (C=O) groups excluding carboxylic acids is 1. The number of nitrogens with one attached hydrogen (secondary N) is 2. The van der Waals surface area contributed by atoms with Crippen molar-refractivity contribution in [2.24, 2.45) is 5.92 Å². The van der Waals surface area contributed by atoms with Gasteiger partial charge in [0.1, 0.15) is 0 Å². The number of benzene rings is 1. The first kappa shape index (κ1) is 17.7. The molecule has 1 saturated carbocycles. The number of aromatic nitrogens is 1. The van der Waals surface area contributed by atoms with Gasteiger partial charge in [0.2, 0.25) is 5.91 Å². The minimum atomic E-state index is -0.0581. The number of amides is 1. The minimum Gasteiger partial charge on any atom is -0.356 e. The van der Waals surface area contributed by atoms with Crippen LogP contribution in [0.4, 0.5) is 0 Å². The molecular formula is C21H28N2O2. The zero-order valence-electron chi connectivity index (χ0n) is 15.3. The van der Waals surface area contributed by atoms with Crippen LogP contribution in [0.5, 0.6) is 0 Å². The quantitative estimate of drug-likeness (QED) is 0.870. The van der Waals surface area contributed by atoms with Gasteiger partial charge in [-0.2, -0.15) is 0 Å². The number of aromatic amines is 1. The largest absolute Gasteiger partial charge is 0.356 e. The average Bonchev–Trinajstić information content (AvgIpc) is 2.58. The number of hydrogen-bond acceptors (Lipinski definition) is 2. The molecular weight excluding hydrogens is 312 g/mol. The molecule has 1 fully saturated rings. The topological polar surface area (TPSA) is 62.0 Å². The Morgan fingerprint density at radius 1 is 1.12 bits per heavy atom. The van der Waals surface area contributed by atoms with Gasteiger partial charge >= 0.3 is 0 Å². The fraction of sp³-hybridized carbons (Fsp3) is 0.524. The van der Waals surface area contributed by atoms with E-state index in [1.807, 2.05) is 19.1 Å². The van der Waals surface area contributed by atoms with Gasteiger partial charge in [-0.3, -0.25) is 9.59 Å². The zero-order chi connectivity index (χ0) is 17.8. The highest BCUT2D eigenvalue weighted by molar-refractivity contribution is 5.80. The van der Waals surface area contributed by atoms with E-state index in [1.54, 1.807) is 0 Å². The number of aryl methyl sites for hydroxylation is 2. The number of fused-ring (bicyclic) bond motifs is 1. The molecule has 1 heterocycles. The fourth-order valence-corrected chi connectivity index (χ4v) is 3.77. The first-order valence-electron chi connectivity index (χ1n) is 9.43. The molecule has 0 aliphatic heterocycles. The SMILES string of the molecule is Cc1cc2cc(CCNC(=O)CC3CCCCC3)c(=O)[nH]c2cc1C. The van der Waals surface area contributed by atoms with Crippen LogP contribution in [0.2, 0.25) is 0 Å². The second-order valence-corrected chi connectivity index (χ2v) is 7.46. The Morgan fingerprint density at radius 3 is 2.60 bits per heavy atom. The molecule has 0 radical (unpaired) electrons. The van der Waals surface area contributed by atoms with Crippen LogP contribution in [-0.4, -0.2) is 17.4 Å². The molecule has 1 aliphatic carbocycles. The van der Waals surface area contributed by atoms with Crippen molar-refractivity contribution in [3.8, 4) is 0 Å². The first-order chi connectivity index (χ1) is 12.0. The van der Waals surface area contributed by atoms with Gasteiger partial charge in [0.25, 0.3) is 5.56 Å². The van der Waals surface area contributed by atoms with Gasteiger partial charge in [-0.05, 0) is 73.7 Å². The third-order valence-electron chi connectivity index (χ3n) is 5.45. The highest BCUT2D eigenvalue weighted by atomic mass is 16.1. The van der Waals surface area contributed by atoms with Crippen molar-refractivity contribution in [1.29, 1.82) is 0 Å². The van der Waals surface area contributed by atoms with E-state index in [2.05, 4.69) is 23.3 Å². The Balaban J connectivity index is 1.59. The van der Waals surface area contributed by atoms with E-state index in [0.29, 0.717) is 25.3 Å². The average molecular weight is 340 g/mol. The van der Waals surface area contributed by atoms with Crippen LogP contribution in [-0.2, 0) is 11.2 Å². The second-order valence-electron chi connectivity index (χ2n) is 7.46. The maximum atomic E-state index is 12.3. The molecule has 0 saturated heterocycles. The van der Waals surface area contributed by atoms with Crippen molar-refractivity contribution in [2.45, 2.75) is 58.8 Å². The van der Waals surface area contributed by atoms with Gasteiger partial charge in [-0.25, -0.2) is 0 Å². The molecule has 4 nitrogen and oxygen atoms in total.